The quantitative estimate of drug-likeness (QED) is 0.611. The van der Waals surface area contributed by atoms with E-state index in [0.29, 0.717) is 29.9 Å². The van der Waals surface area contributed by atoms with E-state index < -0.39 is 0 Å². The Balaban J connectivity index is 1.46. The minimum absolute atomic E-state index is 0.0622. The summed E-state index contributed by atoms with van der Waals surface area (Å²) >= 11 is 3.38. The van der Waals surface area contributed by atoms with Crippen LogP contribution in [-0.2, 0) is 0 Å². The number of hydrogen-bond acceptors (Lipinski definition) is 3. The zero-order valence-electron chi connectivity index (χ0n) is 16.4. The molecule has 1 aliphatic heterocycles. The molecular weight excluding hydrogens is 442 g/mol. The fraction of sp³-hybridized carbons (Fsp3) is 0.167. The Kier molecular flexibility index (Phi) is 6.14. The minimum Gasteiger partial charge on any atom is -0.368 e. The fourth-order valence-electron chi connectivity index (χ4n) is 3.58. The van der Waals surface area contributed by atoms with E-state index in [4.69, 9.17) is 0 Å². The van der Waals surface area contributed by atoms with Crippen molar-refractivity contribution in [3.8, 4) is 0 Å². The highest BCUT2D eigenvalue weighted by Gasteiger charge is 2.24. The molecule has 1 N–H and O–H groups in total. The third-order valence-corrected chi connectivity index (χ3v) is 5.67. The van der Waals surface area contributed by atoms with Crippen molar-refractivity contribution < 1.29 is 9.59 Å². The number of carbonyl (C=O) groups excluding carboxylic acids is 2. The first-order valence-electron chi connectivity index (χ1n) is 9.87. The van der Waals surface area contributed by atoms with Crippen LogP contribution in [0.4, 0.5) is 11.4 Å². The summed E-state index contributed by atoms with van der Waals surface area (Å²) in [4.78, 5) is 30.0. The van der Waals surface area contributed by atoms with Crippen molar-refractivity contribution >= 4 is 39.1 Å². The van der Waals surface area contributed by atoms with Gasteiger partial charge in [-0.05, 0) is 42.5 Å². The van der Waals surface area contributed by atoms with Crippen LogP contribution in [0.3, 0.4) is 0 Å². The number of amides is 2. The van der Waals surface area contributed by atoms with Gasteiger partial charge in [-0.25, -0.2) is 0 Å². The van der Waals surface area contributed by atoms with Gasteiger partial charge < -0.3 is 15.1 Å². The van der Waals surface area contributed by atoms with Crippen LogP contribution in [0.1, 0.15) is 20.7 Å². The largest absolute Gasteiger partial charge is 0.368 e. The number of nitrogens with zero attached hydrogens (tertiary/aromatic N) is 2. The van der Waals surface area contributed by atoms with E-state index in [2.05, 4.69) is 38.3 Å². The number of rotatable bonds is 4. The van der Waals surface area contributed by atoms with Crippen LogP contribution < -0.4 is 10.2 Å². The van der Waals surface area contributed by atoms with Gasteiger partial charge in [0.15, 0.2) is 0 Å². The highest BCUT2D eigenvalue weighted by molar-refractivity contribution is 9.10. The molecule has 2 amide bonds. The van der Waals surface area contributed by atoms with Gasteiger partial charge in [0, 0.05) is 41.9 Å². The number of halogens is 1. The number of para-hydroxylation sites is 2. The molecule has 30 heavy (non-hydrogen) atoms. The molecule has 1 saturated heterocycles. The molecule has 0 radical (unpaired) electrons. The molecule has 0 aromatic heterocycles. The van der Waals surface area contributed by atoms with E-state index >= 15 is 0 Å². The van der Waals surface area contributed by atoms with Gasteiger partial charge in [0.05, 0.1) is 11.3 Å². The predicted molar refractivity (Wildman–Crippen MR) is 123 cm³/mol. The summed E-state index contributed by atoms with van der Waals surface area (Å²) in [5, 5.41) is 2.89. The Labute approximate surface area is 184 Å². The molecule has 0 saturated carbocycles. The van der Waals surface area contributed by atoms with Crippen LogP contribution in [0.15, 0.2) is 83.3 Å². The molecule has 5 nitrogen and oxygen atoms in total. The zero-order valence-corrected chi connectivity index (χ0v) is 18.0. The predicted octanol–water partition coefficient (Wildman–Crippen LogP) is 4.66. The highest BCUT2D eigenvalue weighted by Crippen LogP contribution is 2.22. The van der Waals surface area contributed by atoms with Gasteiger partial charge in [0.1, 0.15) is 0 Å². The first kappa shape index (κ1) is 20.2. The monoisotopic (exact) mass is 463 g/mol. The Morgan fingerprint density at radius 2 is 1.50 bits per heavy atom. The second-order valence-corrected chi connectivity index (χ2v) is 8.04. The molecule has 0 spiro atoms. The number of hydrogen-bond donors (Lipinski definition) is 1. The van der Waals surface area contributed by atoms with Crippen LogP contribution in [0.5, 0.6) is 0 Å². The summed E-state index contributed by atoms with van der Waals surface area (Å²) in [5.41, 5.74) is 2.74. The van der Waals surface area contributed by atoms with E-state index in [1.54, 1.807) is 24.3 Å². The third-order valence-electron chi connectivity index (χ3n) is 5.18. The minimum atomic E-state index is -0.245. The molecule has 1 fully saturated rings. The smallest absolute Gasteiger partial charge is 0.256 e. The lowest BCUT2D eigenvalue weighted by Crippen LogP contribution is -2.48. The van der Waals surface area contributed by atoms with Crippen molar-refractivity contribution in [2.75, 3.05) is 36.4 Å². The maximum absolute atomic E-state index is 13.2. The molecule has 0 unspecified atom stereocenters. The number of nitrogens with one attached hydrogen (secondary N) is 1. The van der Waals surface area contributed by atoms with Crippen molar-refractivity contribution in [3.63, 3.8) is 0 Å². The van der Waals surface area contributed by atoms with Crippen molar-refractivity contribution in [3.05, 3.63) is 94.5 Å². The first-order chi connectivity index (χ1) is 14.6. The van der Waals surface area contributed by atoms with E-state index in [-0.39, 0.29) is 11.8 Å². The average molecular weight is 464 g/mol. The van der Waals surface area contributed by atoms with Gasteiger partial charge in [-0.3, -0.25) is 9.59 Å². The van der Waals surface area contributed by atoms with E-state index in [1.165, 1.54) is 5.69 Å². The molecule has 0 bridgehead atoms. The highest BCUT2D eigenvalue weighted by atomic mass is 79.9. The van der Waals surface area contributed by atoms with Crippen molar-refractivity contribution in [1.29, 1.82) is 0 Å². The van der Waals surface area contributed by atoms with Crippen LogP contribution in [0.2, 0.25) is 0 Å². The van der Waals surface area contributed by atoms with Crippen molar-refractivity contribution in [2.24, 2.45) is 0 Å². The van der Waals surface area contributed by atoms with Crippen LogP contribution in [0, 0.1) is 0 Å². The Hall–Kier alpha value is -3.12. The molecule has 0 atom stereocenters. The summed E-state index contributed by atoms with van der Waals surface area (Å²) in [6, 6.07) is 24.6. The number of anilines is 2. The first-order valence-corrected chi connectivity index (χ1v) is 10.7. The topological polar surface area (TPSA) is 52.7 Å². The molecule has 4 rings (SSSR count). The Bertz CT molecular complexity index is 1050. The summed E-state index contributed by atoms with van der Waals surface area (Å²) in [5.74, 6) is -0.307. The van der Waals surface area contributed by atoms with E-state index in [1.807, 2.05) is 47.4 Å². The summed E-state index contributed by atoms with van der Waals surface area (Å²) in [6.45, 7) is 2.84. The normalized spacial score (nSPS) is 13.8. The molecule has 3 aromatic rings. The fourth-order valence-corrected chi connectivity index (χ4v) is 3.98. The second kappa shape index (κ2) is 9.13. The lowest BCUT2D eigenvalue weighted by Gasteiger charge is -2.36. The Morgan fingerprint density at radius 1 is 0.800 bits per heavy atom. The second-order valence-electron chi connectivity index (χ2n) is 7.12. The standard InChI is InChI=1S/C24H22BrN3O2/c25-19-8-6-7-18(17-19)23(29)26-22-12-5-4-11-21(22)24(30)28-15-13-27(14-16-28)20-9-2-1-3-10-20/h1-12,17H,13-16H2,(H,26,29). The van der Waals surface area contributed by atoms with Crippen LogP contribution in [-0.4, -0.2) is 42.9 Å². The SMILES string of the molecule is O=C(Nc1ccccc1C(=O)N1CCN(c2ccccc2)CC1)c1cccc(Br)c1. The zero-order chi connectivity index (χ0) is 20.9. The van der Waals surface area contributed by atoms with E-state index in [0.717, 1.165) is 17.6 Å². The van der Waals surface area contributed by atoms with Gasteiger partial charge >= 0.3 is 0 Å². The van der Waals surface area contributed by atoms with Crippen molar-refractivity contribution in [2.45, 2.75) is 0 Å². The number of benzene rings is 3. The lowest BCUT2D eigenvalue weighted by atomic mass is 10.1. The maximum atomic E-state index is 13.2. The lowest BCUT2D eigenvalue weighted by molar-refractivity contribution is 0.0748. The molecule has 0 aliphatic carbocycles. The maximum Gasteiger partial charge on any atom is 0.256 e. The molecule has 152 valence electrons. The summed E-state index contributed by atoms with van der Waals surface area (Å²) in [6.07, 6.45) is 0. The van der Waals surface area contributed by atoms with Gasteiger partial charge in [0.2, 0.25) is 0 Å². The third kappa shape index (κ3) is 4.54. The van der Waals surface area contributed by atoms with Crippen molar-refractivity contribution in [1.82, 2.24) is 4.90 Å². The number of piperazine rings is 1. The molecule has 6 heteroatoms. The van der Waals surface area contributed by atoms with Gasteiger partial charge in [-0.2, -0.15) is 0 Å². The average Bonchev–Trinajstić information content (AvgIpc) is 2.80. The summed E-state index contributed by atoms with van der Waals surface area (Å²) < 4.78 is 0.829. The molecule has 1 aliphatic rings. The number of carbonyl (C=O) groups is 2. The van der Waals surface area contributed by atoms with Gasteiger partial charge in [-0.1, -0.05) is 52.3 Å². The molecular formula is C24H22BrN3O2. The van der Waals surface area contributed by atoms with Gasteiger partial charge in [0.25, 0.3) is 11.8 Å². The van der Waals surface area contributed by atoms with Crippen LogP contribution in [0.25, 0.3) is 0 Å². The summed E-state index contributed by atoms with van der Waals surface area (Å²) in [7, 11) is 0. The van der Waals surface area contributed by atoms with Crippen LogP contribution >= 0.6 is 15.9 Å². The Morgan fingerprint density at radius 3 is 2.23 bits per heavy atom. The van der Waals surface area contributed by atoms with Gasteiger partial charge in [-0.15, -0.1) is 0 Å². The molecule has 3 aromatic carbocycles. The molecule has 1 heterocycles. The van der Waals surface area contributed by atoms with E-state index in [9.17, 15) is 9.59 Å².